The van der Waals surface area contributed by atoms with Crippen molar-refractivity contribution in [1.82, 2.24) is 14.9 Å². The molecule has 0 radical (unpaired) electrons. The standard InChI is InChI=1S/C10H8BrFN4O2S/c11-5-1-2-7(12)6(3-5)9-14-15-10(16(9)13)19-4-8(17)18/h1-3H,4,13H2,(H,17,18). The minimum atomic E-state index is -0.997. The largest absolute Gasteiger partial charge is 0.481 e. The van der Waals surface area contributed by atoms with Crippen molar-refractivity contribution in [1.29, 1.82) is 0 Å². The van der Waals surface area contributed by atoms with Crippen LogP contribution in [0.15, 0.2) is 27.8 Å². The normalized spacial score (nSPS) is 10.6. The number of nitrogens with zero attached hydrogens (tertiary/aromatic N) is 3. The lowest BCUT2D eigenvalue weighted by atomic mass is 10.2. The Labute approximate surface area is 119 Å². The van der Waals surface area contributed by atoms with Crippen molar-refractivity contribution in [3.63, 3.8) is 0 Å². The van der Waals surface area contributed by atoms with Crippen LogP contribution in [0.4, 0.5) is 4.39 Å². The van der Waals surface area contributed by atoms with E-state index in [1.807, 2.05) is 0 Å². The summed E-state index contributed by atoms with van der Waals surface area (Å²) in [6, 6.07) is 4.35. The lowest BCUT2D eigenvalue weighted by Crippen LogP contribution is -2.13. The predicted octanol–water partition coefficient (Wildman–Crippen LogP) is 1.74. The molecule has 2 aromatic rings. The molecule has 3 N–H and O–H groups in total. The number of aromatic nitrogens is 3. The van der Waals surface area contributed by atoms with Crippen molar-refractivity contribution < 1.29 is 14.3 Å². The second-order valence-electron chi connectivity index (χ2n) is 3.48. The number of carbonyl (C=O) groups is 1. The molecule has 2 rings (SSSR count). The van der Waals surface area contributed by atoms with Crippen molar-refractivity contribution in [2.45, 2.75) is 5.16 Å². The number of nitrogens with two attached hydrogens (primary N) is 1. The van der Waals surface area contributed by atoms with Gasteiger partial charge in [0.15, 0.2) is 5.82 Å². The molecule has 0 aliphatic carbocycles. The van der Waals surface area contributed by atoms with Gasteiger partial charge in [0.2, 0.25) is 5.16 Å². The van der Waals surface area contributed by atoms with Gasteiger partial charge in [0.1, 0.15) is 5.82 Å². The van der Waals surface area contributed by atoms with Crippen LogP contribution < -0.4 is 5.84 Å². The molecule has 0 atom stereocenters. The fourth-order valence-electron chi connectivity index (χ4n) is 1.35. The summed E-state index contributed by atoms with van der Waals surface area (Å²) in [6.07, 6.45) is 0. The first-order chi connectivity index (χ1) is 8.99. The van der Waals surface area contributed by atoms with Crippen LogP contribution in [0.5, 0.6) is 0 Å². The van der Waals surface area contributed by atoms with E-state index in [9.17, 15) is 9.18 Å². The lowest BCUT2D eigenvalue weighted by molar-refractivity contribution is -0.133. The maximum Gasteiger partial charge on any atom is 0.313 e. The van der Waals surface area contributed by atoms with E-state index in [0.29, 0.717) is 4.47 Å². The minimum Gasteiger partial charge on any atom is -0.481 e. The summed E-state index contributed by atoms with van der Waals surface area (Å²) in [4.78, 5) is 10.5. The zero-order valence-corrected chi connectivity index (χ0v) is 11.8. The maximum atomic E-state index is 13.7. The van der Waals surface area contributed by atoms with Crippen LogP contribution in [-0.4, -0.2) is 31.7 Å². The monoisotopic (exact) mass is 346 g/mol. The van der Waals surface area contributed by atoms with Gasteiger partial charge in [-0.2, -0.15) is 0 Å². The van der Waals surface area contributed by atoms with Gasteiger partial charge < -0.3 is 10.9 Å². The highest BCUT2D eigenvalue weighted by Crippen LogP contribution is 2.26. The van der Waals surface area contributed by atoms with Gasteiger partial charge in [0.05, 0.1) is 11.3 Å². The van der Waals surface area contributed by atoms with Gasteiger partial charge in [0.25, 0.3) is 0 Å². The Morgan fingerprint density at radius 2 is 2.26 bits per heavy atom. The topological polar surface area (TPSA) is 94.0 Å². The molecule has 0 spiro atoms. The molecule has 0 aliphatic rings. The number of carboxylic acid groups (broad SMARTS) is 1. The Balaban J connectivity index is 2.36. The average Bonchev–Trinajstić information content (AvgIpc) is 2.71. The van der Waals surface area contributed by atoms with Crippen LogP contribution in [0.3, 0.4) is 0 Å². The first kappa shape index (κ1) is 13.8. The smallest absolute Gasteiger partial charge is 0.313 e. The summed E-state index contributed by atoms with van der Waals surface area (Å²) in [5, 5.41) is 16.3. The molecular formula is C10H8BrFN4O2S. The van der Waals surface area contributed by atoms with E-state index < -0.39 is 11.8 Å². The Hall–Kier alpha value is -1.61. The average molecular weight is 347 g/mol. The van der Waals surface area contributed by atoms with E-state index in [2.05, 4.69) is 26.1 Å². The Morgan fingerprint density at radius 3 is 2.95 bits per heavy atom. The van der Waals surface area contributed by atoms with E-state index in [4.69, 9.17) is 10.9 Å². The number of thioether (sulfide) groups is 1. The fraction of sp³-hybridized carbons (Fsp3) is 0.100. The second-order valence-corrected chi connectivity index (χ2v) is 5.34. The first-order valence-corrected chi connectivity index (χ1v) is 6.77. The Morgan fingerprint density at radius 1 is 1.53 bits per heavy atom. The highest BCUT2D eigenvalue weighted by molar-refractivity contribution is 9.10. The van der Waals surface area contributed by atoms with Crippen LogP contribution >= 0.6 is 27.7 Å². The van der Waals surface area contributed by atoms with Crippen molar-refractivity contribution in [2.75, 3.05) is 11.6 Å². The third-order valence-corrected chi connectivity index (χ3v) is 3.58. The molecule has 1 aromatic heterocycles. The van der Waals surface area contributed by atoms with E-state index in [1.54, 1.807) is 6.07 Å². The molecule has 6 nitrogen and oxygen atoms in total. The molecular weight excluding hydrogens is 339 g/mol. The number of aliphatic carboxylic acids is 1. The van der Waals surface area contributed by atoms with E-state index in [-0.39, 0.29) is 22.3 Å². The molecule has 0 bridgehead atoms. The van der Waals surface area contributed by atoms with Gasteiger partial charge in [-0.05, 0) is 18.2 Å². The number of hydrogen-bond acceptors (Lipinski definition) is 5. The minimum absolute atomic E-state index is 0.131. The zero-order valence-electron chi connectivity index (χ0n) is 9.38. The van der Waals surface area contributed by atoms with Gasteiger partial charge in [-0.15, -0.1) is 10.2 Å². The molecule has 1 aromatic carbocycles. The molecule has 0 fully saturated rings. The van der Waals surface area contributed by atoms with Gasteiger partial charge in [0, 0.05) is 4.47 Å². The summed E-state index contributed by atoms with van der Waals surface area (Å²) in [7, 11) is 0. The van der Waals surface area contributed by atoms with Gasteiger partial charge >= 0.3 is 5.97 Å². The second kappa shape index (κ2) is 5.57. The molecule has 0 saturated heterocycles. The third kappa shape index (κ3) is 3.04. The van der Waals surface area contributed by atoms with Gasteiger partial charge in [-0.25, -0.2) is 9.07 Å². The Bertz CT molecular complexity index is 634. The maximum absolute atomic E-state index is 13.7. The summed E-state index contributed by atoms with van der Waals surface area (Å²) < 4.78 is 15.4. The van der Waals surface area contributed by atoms with E-state index in [0.717, 1.165) is 16.4 Å². The summed E-state index contributed by atoms with van der Waals surface area (Å²) in [6.45, 7) is 0. The van der Waals surface area contributed by atoms with Crippen LogP contribution in [0.2, 0.25) is 0 Å². The van der Waals surface area contributed by atoms with Crippen molar-refractivity contribution in [3.8, 4) is 11.4 Å². The molecule has 0 amide bonds. The number of hydrogen-bond donors (Lipinski definition) is 2. The van der Waals surface area contributed by atoms with Gasteiger partial charge in [-0.3, -0.25) is 4.79 Å². The SMILES string of the molecule is Nn1c(SCC(=O)O)nnc1-c1cc(Br)ccc1F. The van der Waals surface area contributed by atoms with Crippen LogP contribution in [0.25, 0.3) is 11.4 Å². The predicted molar refractivity (Wildman–Crippen MR) is 71.6 cm³/mol. The number of rotatable bonds is 4. The zero-order chi connectivity index (χ0) is 14.0. The fourth-order valence-corrected chi connectivity index (χ4v) is 2.29. The number of nitrogen functional groups attached to an aromatic ring is 1. The van der Waals surface area contributed by atoms with E-state index >= 15 is 0 Å². The quantitative estimate of drug-likeness (QED) is 0.646. The van der Waals surface area contributed by atoms with Crippen molar-refractivity contribution in [3.05, 3.63) is 28.5 Å². The van der Waals surface area contributed by atoms with Crippen LogP contribution in [-0.2, 0) is 4.79 Å². The highest BCUT2D eigenvalue weighted by atomic mass is 79.9. The van der Waals surface area contributed by atoms with Gasteiger partial charge in [-0.1, -0.05) is 27.7 Å². The molecule has 0 unspecified atom stereocenters. The Kier molecular flexibility index (Phi) is 4.05. The van der Waals surface area contributed by atoms with E-state index in [1.165, 1.54) is 12.1 Å². The summed E-state index contributed by atoms with van der Waals surface area (Å²) >= 11 is 4.14. The number of benzene rings is 1. The lowest BCUT2D eigenvalue weighted by Gasteiger charge is -2.04. The molecule has 0 aliphatic heterocycles. The number of carboxylic acids is 1. The van der Waals surface area contributed by atoms with Crippen molar-refractivity contribution >= 4 is 33.7 Å². The molecule has 0 saturated carbocycles. The molecule has 100 valence electrons. The summed E-state index contributed by atoms with van der Waals surface area (Å²) in [5.41, 5.74) is 0.187. The van der Waals surface area contributed by atoms with Crippen LogP contribution in [0.1, 0.15) is 0 Å². The third-order valence-electron chi connectivity index (χ3n) is 2.16. The summed E-state index contributed by atoms with van der Waals surface area (Å²) in [5.74, 6) is 4.18. The molecule has 19 heavy (non-hydrogen) atoms. The first-order valence-electron chi connectivity index (χ1n) is 4.99. The van der Waals surface area contributed by atoms with Crippen molar-refractivity contribution in [2.24, 2.45) is 0 Å². The molecule has 9 heteroatoms. The highest BCUT2D eigenvalue weighted by Gasteiger charge is 2.16. The number of halogens is 2. The van der Waals surface area contributed by atoms with Crippen LogP contribution in [0, 0.1) is 5.82 Å². The molecule has 1 heterocycles.